The number of esters is 1. The van der Waals surface area contributed by atoms with E-state index in [0.717, 1.165) is 67.7 Å². The molecular weight excluding hydrogens is 578 g/mol. The minimum Gasteiger partial charge on any atom is -0.458 e. The van der Waals surface area contributed by atoms with E-state index in [1.807, 2.05) is 39.0 Å². The number of hydrogen-bond donors (Lipinski definition) is 2. The van der Waals surface area contributed by atoms with Gasteiger partial charge in [0.15, 0.2) is 6.10 Å². The summed E-state index contributed by atoms with van der Waals surface area (Å²) in [4.78, 5) is 21.7. The fourth-order valence-electron chi connectivity index (χ4n) is 5.84. The minimum absolute atomic E-state index is 0.141. The summed E-state index contributed by atoms with van der Waals surface area (Å²) < 4.78 is 16.6. The number of carbonyl (C=O) groups excluding carboxylic acids is 1. The SMILES string of the molecule is CC(CO[C@@H](C)C(=O)OC(C)(C)C)NC1CCC(Cc2cc(-c3cccc(NCC4(C#N)CCOCC4)n3)c(Cl)cn2)CC1. The number of nitriles is 1. The summed E-state index contributed by atoms with van der Waals surface area (Å²) >= 11 is 6.60. The van der Waals surface area contributed by atoms with Crippen LogP contribution in [0.25, 0.3) is 11.3 Å². The zero-order valence-corrected chi connectivity index (χ0v) is 27.6. The van der Waals surface area contributed by atoms with E-state index < -0.39 is 17.1 Å². The molecule has 10 heteroatoms. The second-order valence-corrected chi connectivity index (χ2v) is 13.8. The Morgan fingerprint density at radius 2 is 1.93 bits per heavy atom. The van der Waals surface area contributed by atoms with Crippen molar-refractivity contribution < 1.29 is 19.0 Å². The van der Waals surface area contributed by atoms with E-state index in [9.17, 15) is 10.1 Å². The molecule has 240 valence electrons. The number of carbonyl (C=O) groups is 1. The van der Waals surface area contributed by atoms with Crippen LogP contribution in [0.1, 0.15) is 78.8 Å². The van der Waals surface area contributed by atoms with Gasteiger partial charge in [-0.2, -0.15) is 5.26 Å². The summed E-state index contributed by atoms with van der Waals surface area (Å²) in [5.41, 5.74) is 1.72. The molecule has 2 fully saturated rings. The van der Waals surface area contributed by atoms with Gasteiger partial charge in [-0.3, -0.25) is 4.98 Å². The van der Waals surface area contributed by atoms with E-state index in [1.165, 1.54) is 0 Å². The average Bonchev–Trinajstić information content (AvgIpc) is 3.00. The molecule has 0 bridgehead atoms. The predicted molar refractivity (Wildman–Crippen MR) is 172 cm³/mol. The van der Waals surface area contributed by atoms with E-state index in [-0.39, 0.29) is 12.0 Å². The third kappa shape index (κ3) is 10.1. The van der Waals surface area contributed by atoms with Gasteiger partial charge in [-0.05, 0) is 104 Å². The summed E-state index contributed by atoms with van der Waals surface area (Å²) in [6, 6.07) is 11.0. The highest BCUT2D eigenvalue weighted by Crippen LogP contribution is 2.33. The highest BCUT2D eigenvalue weighted by Gasteiger charge is 2.32. The minimum atomic E-state index is -0.590. The van der Waals surface area contributed by atoms with Crippen molar-refractivity contribution in [2.24, 2.45) is 11.3 Å². The molecule has 3 heterocycles. The molecule has 2 atom stereocenters. The lowest BCUT2D eigenvalue weighted by molar-refractivity contribution is -0.167. The van der Waals surface area contributed by atoms with Gasteiger partial charge in [-0.25, -0.2) is 9.78 Å². The molecule has 0 aromatic carbocycles. The van der Waals surface area contributed by atoms with Crippen molar-refractivity contribution in [2.45, 2.75) is 103 Å². The Hall–Kier alpha value is -2.77. The van der Waals surface area contributed by atoms with Crippen molar-refractivity contribution in [1.29, 1.82) is 5.26 Å². The van der Waals surface area contributed by atoms with Gasteiger partial charge in [0.25, 0.3) is 0 Å². The lowest BCUT2D eigenvalue weighted by Crippen LogP contribution is -2.42. The molecule has 44 heavy (non-hydrogen) atoms. The first-order chi connectivity index (χ1) is 20.9. The molecule has 0 amide bonds. The highest BCUT2D eigenvalue weighted by atomic mass is 35.5. The Morgan fingerprint density at radius 3 is 2.61 bits per heavy atom. The molecular formula is C34H48ClN5O4. The largest absolute Gasteiger partial charge is 0.458 e. The Kier molecular flexibility index (Phi) is 12.0. The molecule has 2 aliphatic rings. The summed E-state index contributed by atoms with van der Waals surface area (Å²) in [6.07, 6.45) is 7.87. The molecule has 2 N–H and O–H groups in total. The van der Waals surface area contributed by atoms with Crippen molar-refractivity contribution in [1.82, 2.24) is 15.3 Å². The summed E-state index contributed by atoms with van der Waals surface area (Å²) in [7, 11) is 0. The smallest absolute Gasteiger partial charge is 0.335 e. The van der Waals surface area contributed by atoms with Gasteiger partial charge in [0.05, 0.1) is 28.8 Å². The summed E-state index contributed by atoms with van der Waals surface area (Å²) in [5, 5.41) is 17.4. The topological polar surface area (TPSA) is 118 Å². The third-order valence-electron chi connectivity index (χ3n) is 8.43. The normalized spacial score (nSPS) is 21.6. The van der Waals surface area contributed by atoms with Gasteiger partial charge in [0.2, 0.25) is 0 Å². The lowest BCUT2D eigenvalue weighted by atomic mass is 9.82. The molecule has 1 aliphatic heterocycles. The Balaban J connectivity index is 1.26. The van der Waals surface area contributed by atoms with E-state index >= 15 is 0 Å². The van der Waals surface area contributed by atoms with E-state index in [1.54, 1.807) is 13.1 Å². The monoisotopic (exact) mass is 625 g/mol. The van der Waals surface area contributed by atoms with Crippen LogP contribution in [-0.2, 0) is 25.4 Å². The number of hydrogen-bond acceptors (Lipinski definition) is 9. The first-order valence-corrected chi connectivity index (χ1v) is 16.3. The first kappa shape index (κ1) is 34.1. The van der Waals surface area contributed by atoms with Crippen LogP contribution >= 0.6 is 11.6 Å². The lowest BCUT2D eigenvalue weighted by Gasteiger charge is -2.31. The number of nitrogens with zero attached hydrogens (tertiary/aromatic N) is 3. The molecule has 1 aliphatic carbocycles. The summed E-state index contributed by atoms with van der Waals surface area (Å²) in [5.74, 6) is 0.946. The van der Waals surface area contributed by atoms with Crippen molar-refractivity contribution in [3.05, 3.63) is 41.2 Å². The average molecular weight is 626 g/mol. The molecule has 9 nitrogen and oxygen atoms in total. The molecule has 2 aromatic heterocycles. The molecule has 4 rings (SSSR count). The molecule has 1 saturated heterocycles. The van der Waals surface area contributed by atoms with Crippen LogP contribution in [0.2, 0.25) is 5.02 Å². The van der Waals surface area contributed by atoms with Crippen LogP contribution in [0.5, 0.6) is 0 Å². The van der Waals surface area contributed by atoms with Crippen LogP contribution < -0.4 is 10.6 Å². The fourth-order valence-corrected chi connectivity index (χ4v) is 6.04. The van der Waals surface area contributed by atoms with Crippen LogP contribution in [0.15, 0.2) is 30.5 Å². The number of halogens is 1. The van der Waals surface area contributed by atoms with E-state index in [2.05, 4.69) is 34.7 Å². The maximum Gasteiger partial charge on any atom is 0.335 e. The fraction of sp³-hybridized carbons (Fsp3) is 0.647. The molecule has 0 radical (unpaired) electrons. The highest BCUT2D eigenvalue weighted by molar-refractivity contribution is 6.33. The van der Waals surface area contributed by atoms with Gasteiger partial charge in [0.1, 0.15) is 11.4 Å². The maximum absolute atomic E-state index is 12.2. The standard InChI is InChI=1S/C34H48ClN5O4/c1-23(20-43-24(2)32(41)44-33(3,4)5)39-26-11-9-25(10-12-26)17-27-18-28(29(35)19-37-27)30-7-6-8-31(40-30)38-22-34(21-36)13-15-42-16-14-34/h6-8,18-19,23-26,39H,9-17,20,22H2,1-5H3,(H,38,40)/t23?,24-,25?,26?/m0/s1. The number of ether oxygens (including phenoxy) is 3. The zero-order valence-electron chi connectivity index (χ0n) is 26.8. The van der Waals surface area contributed by atoms with Crippen LogP contribution in [-0.4, -0.2) is 66.1 Å². The number of pyridine rings is 2. The Labute approximate surface area is 267 Å². The van der Waals surface area contributed by atoms with Crippen molar-refractivity contribution in [3.63, 3.8) is 0 Å². The van der Waals surface area contributed by atoms with Crippen LogP contribution in [0.3, 0.4) is 0 Å². The maximum atomic E-state index is 12.2. The van der Waals surface area contributed by atoms with Gasteiger partial charge in [-0.15, -0.1) is 0 Å². The predicted octanol–water partition coefficient (Wildman–Crippen LogP) is 6.36. The van der Waals surface area contributed by atoms with Gasteiger partial charge >= 0.3 is 5.97 Å². The van der Waals surface area contributed by atoms with Crippen molar-refractivity contribution >= 4 is 23.4 Å². The number of rotatable bonds is 12. The van der Waals surface area contributed by atoms with Crippen molar-refractivity contribution in [3.8, 4) is 17.3 Å². The molecule has 0 spiro atoms. The van der Waals surface area contributed by atoms with Crippen LogP contribution in [0.4, 0.5) is 5.82 Å². The summed E-state index contributed by atoms with van der Waals surface area (Å²) in [6.45, 7) is 11.6. The molecule has 2 aromatic rings. The number of anilines is 1. The van der Waals surface area contributed by atoms with E-state index in [0.29, 0.717) is 43.3 Å². The second-order valence-electron chi connectivity index (χ2n) is 13.4. The van der Waals surface area contributed by atoms with Crippen LogP contribution in [0, 0.1) is 22.7 Å². The Bertz CT molecular complexity index is 1280. The van der Waals surface area contributed by atoms with Gasteiger partial charge < -0.3 is 24.8 Å². The zero-order chi connectivity index (χ0) is 31.7. The molecule has 1 unspecified atom stereocenters. The third-order valence-corrected chi connectivity index (χ3v) is 8.73. The second kappa shape index (κ2) is 15.5. The molecule has 1 saturated carbocycles. The number of aromatic nitrogens is 2. The Morgan fingerprint density at radius 1 is 1.20 bits per heavy atom. The first-order valence-electron chi connectivity index (χ1n) is 15.9. The quantitative estimate of drug-likeness (QED) is 0.260. The number of nitrogens with one attached hydrogen (secondary N) is 2. The van der Waals surface area contributed by atoms with E-state index in [4.69, 9.17) is 30.8 Å². The van der Waals surface area contributed by atoms with Gasteiger partial charge in [0, 0.05) is 49.3 Å². The van der Waals surface area contributed by atoms with Crippen molar-refractivity contribution in [2.75, 3.05) is 31.7 Å². The van der Waals surface area contributed by atoms with Gasteiger partial charge in [-0.1, -0.05) is 17.7 Å².